The van der Waals surface area contributed by atoms with E-state index in [1.807, 2.05) is 65.6 Å². The molecule has 6 rings (SSSR count). The van der Waals surface area contributed by atoms with E-state index < -0.39 is 0 Å². The summed E-state index contributed by atoms with van der Waals surface area (Å²) in [5, 5.41) is 6.95. The molecule has 0 saturated heterocycles. The molecule has 11 nitrogen and oxygen atoms in total. The summed E-state index contributed by atoms with van der Waals surface area (Å²) in [6.07, 6.45) is 8.13. The van der Waals surface area contributed by atoms with Crippen molar-refractivity contribution in [1.29, 1.82) is 0 Å². The summed E-state index contributed by atoms with van der Waals surface area (Å²) in [7, 11) is 3.26. The Bertz CT molecular complexity index is 2010. The Kier molecular flexibility index (Phi) is 13.5. The second-order valence-electron chi connectivity index (χ2n) is 13.3. The molecule has 0 atom stereocenters. The Balaban J connectivity index is 1.02. The number of benzene rings is 2. The molecule has 13 heteroatoms. The molecule has 3 amide bonds. The number of nitrogens with one attached hydrogen (secondary N) is 2. The third kappa shape index (κ3) is 10.4. The number of amidine groups is 1. The van der Waals surface area contributed by atoms with Gasteiger partial charge in [0.05, 0.1) is 17.6 Å². The number of anilines is 1. The van der Waals surface area contributed by atoms with E-state index in [-0.39, 0.29) is 24.1 Å². The highest BCUT2D eigenvalue weighted by atomic mass is 33.1. The minimum atomic E-state index is -0.283. The van der Waals surface area contributed by atoms with E-state index in [0.29, 0.717) is 60.1 Å². The van der Waals surface area contributed by atoms with Gasteiger partial charge in [-0.2, -0.15) is 0 Å². The molecule has 0 fully saturated rings. The molecule has 2 aromatic carbocycles. The highest BCUT2D eigenvalue weighted by Gasteiger charge is 2.22. The summed E-state index contributed by atoms with van der Waals surface area (Å²) >= 11 is 0. The number of amides is 3. The quantitative estimate of drug-likeness (QED) is 0.0872. The number of carbonyl (C=O) groups excluding carboxylic acids is 3. The van der Waals surface area contributed by atoms with Crippen molar-refractivity contribution in [2.24, 2.45) is 10.7 Å². The Labute approximate surface area is 324 Å². The van der Waals surface area contributed by atoms with Gasteiger partial charge in [0.1, 0.15) is 10.9 Å². The lowest BCUT2D eigenvalue weighted by atomic mass is 10.0. The third-order valence-corrected chi connectivity index (χ3v) is 11.3. The van der Waals surface area contributed by atoms with Gasteiger partial charge in [-0.3, -0.25) is 24.3 Å². The van der Waals surface area contributed by atoms with Crippen molar-refractivity contribution in [2.45, 2.75) is 57.6 Å². The molecular weight excluding hydrogens is 717 g/mol. The van der Waals surface area contributed by atoms with Crippen molar-refractivity contribution in [3.63, 3.8) is 0 Å². The number of aliphatic imine (C=N–C) groups is 1. The summed E-state index contributed by atoms with van der Waals surface area (Å²) < 4.78 is 0. The first-order chi connectivity index (χ1) is 26.3. The molecule has 4 N–H and O–H groups in total. The van der Waals surface area contributed by atoms with Crippen LogP contribution in [-0.2, 0) is 24.3 Å². The molecule has 0 bridgehead atoms. The average Bonchev–Trinajstić information content (AvgIpc) is 3.35. The monoisotopic (exact) mass is 762 g/mol. The van der Waals surface area contributed by atoms with Gasteiger partial charge in [-0.15, -0.1) is 0 Å². The fraction of sp³-hybridized carbons (Fsp3) is 0.317. The summed E-state index contributed by atoms with van der Waals surface area (Å²) in [5.74, 6) is 0.719. The first-order valence-corrected chi connectivity index (χ1v) is 20.7. The molecule has 4 aromatic rings. The number of pyridine rings is 2. The lowest BCUT2D eigenvalue weighted by Gasteiger charge is -2.28. The van der Waals surface area contributed by atoms with Gasteiger partial charge in [-0.1, -0.05) is 48.9 Å². The van der Waals surface area contributed by atoms with Crippen LogP contribution in [-0.4, -0.2) is 75.3 Å². The molecule has 0 spiro atoms. The molecule has 2 aromatic heterocycles. The Hall–Kier alpha value is -4.98. The fourth-order valence-electron chi connectivity index (χ4n) is 6.44. The zero-order valence-electron chi connectivity index (χ0n) is 30.7. The van der Waals surface area contributed by atoms with E-state index in [1.54, 1.807) is 46.1 Å². The summed E-state index contributed by atoms with van der Waals surface area (Å²) in [6, 6.07) is 20.8. The van der Waals surface area contributed by atoms with Crippen LogP contribution >= 0.6 is 21.6 Å². The minimum absolute atomic E-state index is 0.0269. The topological polar surface area (TPSA) is 146 Å². The highest BCUT2D eigenvalue weighted by molar-refractivity contribution is 8.76. The zero-order chi connectivity index (χ0) is 37.9. The van der Waals surface area contributed by atoms with Gasteiger partial charge in [0.15, 0.2) is 0 Å². The number of fused-ring (bicyclic) bond motifs is 2. The van der Waals surface area contributed by atoms with Crippen LogP contribution in [0.1, 0.15) is 76.2 Å². The molecule has 0 saturated carbocycles. The number of rotatable bonds is 15. The van der Waals surface area contributed by atoms with Crippen LogP contribution in [0.15, 0.2) is 94.7 Å². The first-order valence-electron chi connectivity index (χ1n) is 18.4. The van der Waals surface area contributed by atoms with Crippen LogP contribution in [0.25, 0.3) is 6.08 Å². The number of nitrogens with two attached hydrogens (primary N) is 1. The van der Waals surface area contributed by atoms with Crippen LogP contribution in [0, 0.1) is 0 Å². The molecule has 280 valence electrons. The Morgan fingerprint density at radius 2 is 1.74 bits per heavy atom. The highest BCUT2D eigenvalue weighted by Crippen LogP contribution is 2.30. The standard InChI is InChI=1S/C41H46N8O3S2/c1-3-17-49(18-4-2)41(52)32-21-30-12-13-31(23-36(30)47-37(42)24-32)40(51)46-34-22-33-27-48(19-14-35(33)45-25-34)26-28-8-10-29(11-9-28)39(50)44-16-20-53-54-38-7-5-6-15-43-38/h5-13,15,21-23,25H,3-4,14,16-20,24,26-27H2,1-2H3,(H2,42,47)(H,44,50)(H,46,51). The molecule has 2 aliphatic heterocycles. The second-order valence-corrected chi connectivity index (χ2v) is 15.7. The van der Waals surface area contributed by atoms with Gasteiger partial charge >= 0.3 is 0 Å². The van der Waals surface area contributed by atoms with Crippen molar-refractivity contribution < 1.29 is 14.4 Å². The van der Waals surface area contributed by atoms with E-state index in [9.17, 15) is 14.4 Å². The maximum atomic E-state index is 13.4. The lowest BCUT2D eigenvalue weighted by molar-refractivity contribution is -0.127. The van der Waals surface area contributed by atoms with Crippen molar-refractivity contribution >= 4 is 62.6 Å². The largest absolute Gasteiger partial charge is 0.387 e. The zero-order valence-corrected chi connectivity index (χ0v) is 32.3. The molecule has 0 unspecified atom stereocenters. The SMILES string of the molecule is CCCN(CCC)C(=O)C1=Cc2ccc(C(=O)Nc3cnc4c(c3)CN(Cc3ccc(C(=O)NCCSSc5ccccn5)cc3)CC4)cc2N=C(N)C1. The van der Waals surface area contributed by atoms with Crippen molar-refractivity contribution in [3.8, 4) is 0 Å². The Morgan fingerprint density at radius 1 is 0.944 bits per heavy atom. The average molecular weight is 763 g/mol. The number of nitrogens with zero attached hydrogens (tertiary/aromatic N) is 5. The molecule has 0 aliphatic carbocycles. The van der Waals surface area contributed by atoms with Gasteiger partial charge < -0.3 is 21.3 Å². The first kappa shape index (κ1) is 38.7. The van der Waals surface area contributed by atoms with Gasteiger partial charge in [0.25, 0.3) is 11.8 Å². The number of aromatic nitrogens is 2. The van der Waals surface area contributed by atoms with Crippen LogP contribution < -0.4 is 16.4 Å². The smallest absolute Gasteiger partial charge is 0.255 e. The normalized spacial score (nSPS) is 13.8. The van der Waals surface area contributed by atoms with Gasteiger partial charge in [-0.05, 0) is 83.3 Å². The maximum absolute atomic E-state index is 13.4. The van der Waals surface area contributed by atoms with Gasteiger partial charge in [-0.25, -0.2) is 9.98 Å². The van der Waals surface area contributed by atoms with Crippen molar-refractivity contribution in [3.05, 3.63) is 118 Å². The lowest BCUT2D eigenvalue weighted by Crippen LogP contribution is -2.34. The fourth-order valence-corrected chi connectivity index (χ4v) is 8.23. The van der Waals surface area contributed by atoms with Crippen LogP contribution in [0.4, 0.5) is 11.4 Å². The molecule has 2 aliphatic rings. The molecule has 0 radical (unpaired) electrons. The number of hydrogen-bond donors (Lipinski definition) is 3. The van der Waals surface area contributed by atoms with E-state index in [1.165, 1.54) is 0 Å². The third-order valence-electron chi connectivity index (χ3n) is 9.06. The molecule has 54 heavy (non-hydrogen) atoms. The summed E-state index contributed by atoms with van der Waals surface area (Å²) in [4.78, 5) is 57.2. The number of carbonyl (C=O) groups is 3. The van der Waals surface area contributed by atoms with Crippen molar-refractivity contribution in [2.75, 3.05) is 37.2 Å². The van der Waals surface area contributed by atoms with E-state index in [0.717, 1.165) is 65.5 Å². The minimum Gasteiger partial charge on any atom is -0.387 e. The van der Waals surface area contributed by atoms with Gasteiger partial charge in [0.2, 0.25) is 5.91 Å². The van der Waals surface area contributed by atoms with Crippen LogP contribution in [0.2, 0.25) is 0 Å². The van der Waals surface area contributed by atoms with E-state index in [2.05, 4.69) is 44.3 Å². The second kappa shape index (κ2) is 18.9. The van der Waals surface area contributed by atoms with E-state index in [4.69, 9.17) is 5.73 Å². The van der Waals surface area contributed by atoms with Gasteiger partial charge in [0, 0.05) is 92.0 Å². The van der Waals surface area contributed by atoms with E-state index >= 15 is 0 Å². The summed E-state index contributed by atoms with van der Waals surface area (Å²) in [6.45, 7) is 8.35. The predicted octanol–water partition coefficient (Wildman–Crippen LogP) is 6.88. The van der Waals surface area contributed by atoms with Crippen molar-refractivity contribution in [1.82, 2.24) is 25.1 Å². The Morgan fingerprint density at radius 3 is 2.50 bits per heavy atom. The molecule has 4 heterocycles. The van der Waals surface area contributed by atoms with Crippen LogP contribution in [0.3, 0.4) is 0 Å². The number of hydrogen-bond acceptors (Lipinski definition) is 10. The maximum Gasteiger partial charge on any atom is 0.255 e. The molecular formula is C41H46N8O3S2. The van der Waals surface area contributed by atoms with Crippen LogP contribution in [0.5, 0.6) is 0 Å². The summed E-state index contributed by atoms with van der Waals surface area (Å²) in [5.41, 5.74) is 13.1. The predicted molar refractivity (Wildman–Crippen MR) is 219 cm³/mol.